The van der Waals surface area contributed by atoms with Crippen molar-refractivity contribution in [1.82, 2.24) is 0 Å². The Morgan fingerprint density at radius 1 is 1.31 bits per heavy atom. The van der Waals surface area contributed by atoms with E-state index in [1.807, 2.05) is 0 Å². The zero-order valence-electron chi connectivity index (χ0n) is 7.89. The van der Waals surface area contributed by atoms with Gasteiger partial charge in [0.05, 0.1) is 5.70 Å². The van der Waals surface area contributed by atoms with Crippen molar-refractivity contribution in [2.24, 2.45) is 5.73 Å². The molecular weight excluding hydrogens is 249 g/mol. The van der Waals surface area contributed by atoms with Gasteiger partial charge in [-0.1, -0.05) is 12.1 Å². The molecule has 0 saturated heterocycles. The third-order valence-electron chi connectivity index (χ3n) is 1.82. The van der Waals surface area contributed by atoms with E-state index in [2.05, 4.69) is 0 Å². The molecule has 0 saturated carbocycles. The van der Waals surface area contributed by atoms with Crippen LogP contribution in [0.25, 0.3) is 0 Å². The van der Waals surface area contributed by atoms with Gasteiger partial charge in [0.2, 0.25) is 0 Å². The summed E-state index contributed by atoms with van der Waals surface area (Å²) in [7, 11) is 0. The van der Waals surface area contributed by atoms with Crippen LogP contribution in [0.15, 0.2) is 29.3 Å². The van der Waals surface area contributed by atoms with Gasteiger partial charge in [0.25, 0.3) is 0 Å². The summed E-state index contributed by atoms with van der Waals surface area (Å²) in [4.78, 5) is 0.668. The van der Waals surface area contributed by atoms with E-state index in [-0.39, 0.29) is 6.42 Å². The van der Waals surface area contributed by atoms with Gasteiger partial charge in [-0.05, 0) is 11.4 Å². The third-order valence-corrected chi connectivity index (χ3v) is 2.72. The van der Waals surface area contributed by atoms with Gasteiger partial charge in [0.1, 0.15) is 0 Å². The van der Waals surface area contributed by atoms with Crippen molar-refractivity contribution in [2.75, 3.05) is 0 Å². The molecule has 0 bridgehead atoms. The Morgan fingerprint density at radius 2 is 1.94 bits per heavy atom. The highest BCUT2D eigenvalue weighted by Gasteiger charge is 2.59. The largest absolute Gasteiger partial charge is 0.459 e. The van der Waals surface area contributed by atoms with E-state index in [1.54, 1.807) is 17.5 Å². The molecule has 1 rings (SSSR count). The van der Waals surface area contributed by atoms with Crippen LogP contribution in [0.3, 0.4) is 0 Å². The van der Waals surface area contributed by atoms with Crippen LogP contribution in [-0.4, -0.2) is 12.1 Å². The fourth-order valence-electron chi connectivity index (χ4n) is 0.931. The highest BCUT2D eigenvalue weighted by Crippen LogP contribution is 2.39. The predicted octanol–water partition coefficient (Wildman–Crippen LogP) is 3.33. The van der Waals surface area contributed by atoms with Crippen molar-refractivity contribution >= 4 is 11.3 Å². The smallest absolute Gasteiger partial charge is 0.397 e. The summed E-state index contributed by atoms with van der Waals surface area (Å²) in [6, 6.07) is 3.30. The van der Waals surface area contributed by atoms with E-state index in [0.717, 1.165) is 0 Å². The van der Waals surface area contributed by atoms with Crippen LogP contribution in [-0.2, 0) is 6.42 Å². The fourth-order valence-corrected chi connectivity index (χ4v) is 1.60. The molecule has 0 fully saturated rings. The zero-order valence-corrected chi connectivity index (χ0v) is 8.71. The Morgan fingerprint density at radius 3 is 2.38 bits per heavy atom. The maximum atomic E-state index is 12.6. The number of hydrogen-bond donors (Lipinski definition) is 1. The molecule has 16 heavy (non-hydrogen) atoms. The molecule has 0 amide bonds. The maximum absolute atomic E-state index is 12.6. The Kier molecular flexibility index (Phi) is 3.57. The second kappa shape index (κ2) is 4.40. The van der Waals surface area contributed by atoms with Gasteiger partial charge in [-0.25, -0.2) is 0 Å². The number of nitrogens with two attached hydrogens (primary N) is 1. The van der Waals surface area contributed by atoms with E-state index in [4.69, 9.17) is 5.73 Å². The Hall–Kier alpha value is -1.11. The van der Waals surface area contributed by atoms with Crippen molar-refractivity contribution in [1.29, 1.82) is 0 Å². The van der Waals surface area contributed by atoms with Crippen LogP contribution in [0.2, 0.25) is 0 Å². The Bertz CT molecular complexity index is 366. The third kappa shape index (κ3) is 2.72. The second-order valence-electron chi connectivity index (χ2n) is 3.02. The zero-order chi connectivity index (χ0) is 12.4. The average molecular weight is 257 g/mol. The van der Waals surface area contributed by atoms with Crippen LogP contribution in [0.5, 0.6) is 0 Å². The van der Waals surface area contributed by atoms with Crippen molar-refractivity contribution < 1.29 is 22.0 Å². The van der Waals surface area contributed by atoms with E-state index >= 15 is 0 Å². The molecule has 0 aliphatic carbocycles. The van der Waals surface area contributed by atoms with Crippen LogP contribution in [0.1, 0.15) is 4.88 Å². The summed E-state index contributed by atoms with van der Waals surface area (Å²) in [5.41, 5.74) is 3.29. The first-order valence-electron chi connectivity index (χ1n) is 4.18. The van der Waals surface area contributed by atoms with Crippen molar-refractivity contribution in [3.63, 3.8) is 0 Å². The molecule has 0 unspecified atom stereocenters. The monoisotopic (exact) mass is 257 g/mol. The molecule has 0 radical (unpaired) electrons. The standard InChI is InChI=1S/C9H8F5NS/c10-8(11,9(12,13)14)7(15)4-3-6-2-1-5-16-6/h1-2,4-5H,3,15H2/b7-4-. The van der Waals surface area contributed by atoms with Crippen LogP contribution in [0, 0.1) is 0 Å². The SMILES string of the molecule is N/C(=C\Cc1cccs1)C(F)(F)C(F)(F)F. The van der Waals surface area contributed by atoms with Crippen molar-refractivity contribution in [3.8, 4) is 0 Å². The molecule has 7 heteroatoms. The molecule has 0 spiro atoms. The molecule has 1 aromatic rings. The summed E-state index contributed by atoms with van der Waals surface area (Å²) < 4.78 is 60.9. The lowest BCUT2D eigenvalue weighted by atomic mass is 10.2. The first-order valence-corrected chi connectivity index (χ1v) is 5.06. The number of alkyl halides is 5. The van der Waals surface area contributed by atoms with E-state index in [0.29, 0.717) is 11.0 Å². The summed E-state index contributed by atoms with van der Waals surface area (Å²) >= 11 is 1.26. The molecule has 0 aromatic carbocycles. The van der Waals surface area contributed by atoms with Crippen LogP contribution >= 0.6 is 11.3 Å². The van der Waals surface area contributed by atoms with E-state index in [1.165, 1.54) is 11.3 Å². The molecule has 1 nitrogen and oxygen atoms in total. The van der Waals surface area contributed by atoms with Crippen LogP contribution < -0.4 is 5.73 Å². The summed E-state index contributed by atoms with van der Waals surface area (Å²) in [6.07, 6.45) is -4.99. The van der Waals surface area contributed by atoms with Gasteiger partial charge in [-0.2, -0.15) is 22.0 Å². The lowest BCUT2D eigenvalue weighted by molar-refractivity contribution is -0.264. The Balaban J connectivity index is 2.77. The lowest BCUT2D eigenvalue weighted by Crippen LogP contribution is -2.41. The molecule has 2 N–H and O–H groups in total. The number of rotatable bonds is 3. The number of hydrogen-bond acceptors (Lipinski definition) is 2. The minimum absolute atomic E-state index is 0.0326. The first-order chi connectivity index (χ1) is 7.25. The molecule has 1 heterocycles. The fraction of sp³-hybridized carbons (Fsp3) is 0.333. The predicted molar refractivity (Wildman–Crippen MR) is 51.3 cm³/mol. The van der Waals surface area contributed by atoms with Crippen molar-refractivity contribution in [2.45, 2.75) is 18.5 Å². The Labute approximate surface area is 92.4 Å². The lowest BCUT2D eigenvalue weighted by Gasteiger charge is -2.19. The highest BCUT2D eigenvalue weighted by molar-refractivity contribution is 7.09. The normalized spacial score (nSPS) is 14.2. The number of thiophene rings is 1. The summed E-state index contributed by atoms with van der Waals surface area (Å²) in [5.74, 6) is -4.97. The van der Waals surface area contributed by atoms with Gasteiger partial charge in [0, 0.05) is 11.3 Å². The van der Waals surface area contributed by atoms with Gasteiger partial charge in [-0.15, -0.1) is 11.3 Å². The minimum Gasteiger partial charge on any atom is -0.397 e. The van der Waals surface area contributed by atoms with Crippen LogP contribution in [0.4, 0.5) is 22.0 Å². The van der Waals surface area contributed by atoms with Gasteiger partial charge in [0.15, 0.2) is 0 Å². The minimum atomic E-state index is -5.65. The molecule has 0 aliphatic heterocycles. The molecule has 0 aliphatic rings. The van der Waals surface area contributed by atoms with E-state index < -0.39 is 17.8 Å². The summed E-state index contributed by atoms with van der Waals surface area (Å²) in [6.45, 7) is 0. The molecule has 0 atom stereocenters. The van der Waals surface area contributed by atoms with Gasteiger partial charge in [-0.3, -0.25) is 0 Å². The molecule has 90 valence electrons. The van der Waals surface area contributed by atoms with Crippen molar-refractivity contribution in [3.05, 3.63) is 34.2 Å². The quantitative estimate of drug-likeness (QED) is 0.826. The highest BCUT2D eigenvalue weighted by atomic mass is 32.1. The average Bonchev–Trinajstić information content (AvgIpc) is 2.64. The number of allylic oxidation sites excluding steroid dienone is 2. The molecular formula is C9H8F5NS. The summed E-state index contributed by atoms with van der Waals surface area (Å²) in [5, 5.41) is 1.70. The first kappa shape index (κ1) is 13.0. The topological polar surface area (TPSA) is 26.0 Å². The van der Waals surface area contributed by atoms with Gasteiger partial charge < -0.3 is 5.73 Å². The number of halogens is 5. The van der Waals surface area contributed by atoms with E-state index in [9.17, 15) is 22.0 Å². The second-order valence-corrected chi connectivity index (χ2v) is 4.05. The van der Waals surface area contributed by atoms with Gasteiger partial charge >= 0.3 is 12.1 Å². The maximum Gasteiger partial charge on any atom is 0.459 e. The molecule has 1 aromatic heterocycles.